The van der Waals surface area contributed by atoms with Crippen molar-refractivity contribution < 1.29 is 49.2 Å². The minimum Gasteiger partial charge on any atom is -0.480 e. The molecule has 3 fully saturated rings. The van der Waals surface area contributed by atoms with Crippen molar-refractivity contribution in [2.45, 2.75) is 55.5 Å². The van der Waals surface area contributed by atoms with Crippen LogP contribution in [-0.4, -0.2) is 177 Å². The van der Waals surface area contributed by atoms with E-state index >= 15 is 0 Å². The van der Waals surface area contributed by atoms with Gasteiger partial charge >= 0.3 is 29.9 Å². The summed E-state index contributed by atoms with van der Waals surface area (Å²) in [7, 11) is 0. The maximum Gasteiger partial charge on any atom is 0.317 e. The van der Waals surface area contributed by atoms with Crippen molar-refractivity contribution >= 4 is 53.3 Å². The van der Waals surface area contributed by atoms with Gasteiger partial charge in [-0.05, 0) is 37.0 Å². The van der Waals surface area contributed by atoms with Crippen molar-refractivity contribution in [3.8, 4) is 0 Å². The molecule has 1 aromatic carbocycles. The number of benzene rings is 1. The number of nitrogens with zero attached hydrogens (tertiary/aromatic N) is 4. The van der Waals surface area contributed by atoms with Crippen LogP contribution in [-0.2, 0) is 30.4 Å². The van der Waals surface area contributed by atoms with E-state index in [2.05, 4.69) is 16.0 Å². The molecular weight excluding hydrogens is 686 g/mol. The van der Waals surface area contributed by atoms with Crippen LogP contribution in [0.4, 0.5) is 10.5 Å². The molecule has 0 radical (unpaired) electrons. The highest BCUT2D eigenvalue weighted by atomic mass is 32.2. The summed E-state index contributed by atoms with van der Waals surface area (Å²) in [4.78, 5) is 77.9. The number of hydrogen-bond donors (Lipinski definition) is 7. The Morgan fingerprint density at radius 2 is 1.31 bits per heavy atom. The molecule has 0 bridgehead atoms. The van der Waals surface area contributed by atoms with E-state index in [1.54, 1.807) is 31.7 Å². The van der Waals surface area contributed by atoms with Crippen LogP contribution >= 0.6 is 11.8 Å². The van der Waals surface area contributed by atoms with E-state index in [1.165, 1.54) is 0 Å². The number of thioether (sulfide) groups is 1. The minimum atomic E-state index is -1.08. The van der Waals surface area contributed by atoms with Crippen LogP contribution in [0.25, 0.3) is 0 Å². The fraction of sp³-hybridized carbons (Fsp3) is 0.636. The Bertz CT molecular complexity index is 1390. The zero-order valence-electron chi connectivity index (χ0n) is 28.6. The SMILES string of the molecule is O=C(O)CN1CCN(CC(=O)O)CCN(CC(=O)O)C(Cc2ccc(NC(=O)CCCCC3SCC4NC(=O)NC43)cc2)CN(CC(=O)O)CC1. The Labute approximate surface area is 300 Å². The Morgan fingerprint density at radius 1 is 0.745 bits per heavy atom. The average molecular weight is 736 g/mol. The third-order valence-corrected chi connectivity index (χ3v) is 10.9. The number of urea groups is 1. The Balaban J connectivity index is 1.39. The number of carbonyl (C=O) groups is 6. The van der Waals surface area contributed by atoms with E-state index in [4.69, 9.17) is 0 Å². The molecule has 282 valence electrons. The van der Waals surface area contributed by atoms with Crippen LogP contribution in [0.3, 0.4) is 0 Å². The third kappa shape index (κ3) is 13.6. The molecule has 1 aromatic rings. The van der Waals surface area contributed by atoms with E-state index < -0.39 is 29.9 Å². The maximum absolute atomic E-state index is 12.7. The number of unbranched alkanes of at least 4 members (excludes halogenated alkanes) is 1. The van der Waals surface area contributed by atoms with Crippen LogP contribution < -0.4 is 16.0 Å². The average Bonchev–Trinajstić information content (AvgIpc) is 3.60. The highest BCUT2D eigenvalue weighted by Gasteiger charge is 2.42. The molecule has 4 unspecified atom stereocenters. The van der Waals surface area contributed by atoms with Gasteiger partial charge in [-0.25, -0.2) is 4.79 Å². The molecule has 0 saturated carbocycles. The fourth-order valence-electron chi connectivity index (χ4n) is 6.85. The molecule has 17 nitrogen and oxygen atoms in total. The van der Waals surface area contributed by atoms with Crippen LogP contribution in [0.2, 0.25) is 0 Å². The van der Waals surface area contributed by atoms with Gasteiger partial charge in [-0.2, -0.15) is 11.8 Å². The first-order chi connectivity index (χ1) is 24.3. The molecule has 51 heavy (non-hydrogen) atoms. The lowest BCUT2D eigenvalue weighted by molar-refractivity contribution is -0.142. The topological polar surface area (TPSA) is 232 Å². The summed E-state index contributed by atoms with van der Waals surface area (Å²) >= 11 is 1.84. The van der Waals surface area contributed by atoms with Gasteiger partial charge in [-0.15, -0.1) is 0 Å². The quantitative estimate of drug-likeness (QED) is 0.0863. The molecule has 7 N–H and O–H groups in total. The van der Waals surface area contributed by atoms with Crippen LogP contribution in [0.5, 0.6) is 0 Å². The summed E-state index contributed by atoms with van der Waals surface area (Å²) in [6.07, 6.45) is 3.18. The minimum absolute atomic E-state index is 0.116. The molecule has 4 rings (SSSR count). The molecule has 3 heterocycles. The van der Waals surface area contributed by atoms with E-state index in [9.17, 15) is 49.2 Å². The van der Waals surface area contributed by atoms with Gasteiger partial charge < -0.3 is 36.4 Å². The van der Waals surface area contributed by atoms with Gasteiger partial charge in [0.05, 0.1) is 38.3 Å². The van der Waals surface area contributed by atoms with Crippen molar-refractivity contribution in [3.05, 3.63) is 29.8 Å². The number of anilines is 1. The van der Waals surface area contributed by atoms with Gasteiger partial charge in [0.2, 0.25) is 5.91 Å². The lowest BCUT2D eigenvalue weighted by Crippen LogP contribution is -2.53. The largest absolute Gasteiger partial charge is 0.480 e. The van der Waals surface area contributed by atoms with E-state index in [1.807, 2.05) is 23.9 Å². The van der Waals surface area contributed by atoms with Gasteiger partial charge in [-0.3, -0.25) is 43.6 Å². The number of rotatable bonds is 16. The summed E-state index contributed by atoms with van der Waals surface area (Å²) in [5.41, 5.74) is 1.43. The lowest BCUT2D eigenvalue weighted by Gasteiger charge is -2.37. The first kappa shape index (κ1) is 39.8. The zero-order chi connectivity index (χ0) is 36.9. The van der Waals surface area contributed by atoms with Gasteiger partial charge in [0.15, 0.2) is 0 Å². The molecule has 0 aliphatic carbocycles. The van der Waals surface area contributed by atoms with Crippen molar-refractivity contribution in [2.24, 2.45) is 0 Å². The number of carbonyl (C=O) groups excluding carboxylic acids is 2. The molecule has 3 aliphatic rings. The number of nitrogens with one attached hydrogen (secondary N) is 3. The molecule has 18 heteroatoms. The van der Waals surface area contributed by atoms with Crippen molar-refractivity contribution in [1.82, 2.24) is 30.2 Å². The molecule has 3 aliphatic heterocycles. The summed E-state index contributed by atoms with van der Waals surface area (Å²) in [6.45, 7) is 0.176. The zero-order valence-corrected chi connectivity index (χ0v) is 29.4. The van der Waals surface area contributed by atoms with Crippen molar-refractivity contribution in [1.29, 1.82) is 0 Å². The monoisotopic (exact) mass is 735 g/mol. The lowest BCUT2D eigenvalue weighted by atomic mass is 10.0. The Hall–Kier alpha value is -3.97. The first-order valence-electron chi connectivity index (χ1n) is 17.2. The number of carboxylic acid groups (broad SMARTS) is 4. The smallest absolute Gasteiger partial charge is 0.317 e. The number of aliphatic carboxylic acids is 4. The molecular formula is C33H49N7O10S. The van der Waals surface area contributed by atoms with E-state index in [0.29, 0.717) is 30.2 Å². The molecule has 4 atom stereocenters. The van der Waals surface area contributed by atoms with Gasteiger partial charge in [0, 0.05) is 75.0 Å². The van der Waals surface area contributed by atoms with Crippen LogP contribution in [0, 0.1) is 0 Å². The second-order valence-corrected chi connectivity index (χ2v) is 14.6. The summed E-state index contributed by atoms with van der Waals surface area (Å²) in [5.74, 6) is -3.50. The van der Waals surface area contributed by atoms with E-state index in [0.717, 1.165) is 24.2 Å². The summed E-state index contributed by atoms with van der Waals surface area (Å²) in [5, 5.41) is 47.6. The molecule has 0 aromatic heterocycles. The normalized spacial score (nSPS) is 24.0. The second-order valence-electron chi connectivity index (χ2n) is 13.3. The van der Waals surface area contributed by atoms with Crippen molar-refractivity contribution in [2.75, 3.05) is 83.1 Å². The van der Waals surface area contributed by atoms with Crippen LogP contribution in [0.15, 0.2) is 24.3 Å². The third-order valence-electron chi connectivity index (χ3n) is 9.36. The molecule has 0 spiro atoms. The second kappa shape index (κ2) is 19.6. The first-order valence-corrected chi connectivity index (χ1v) is 18.2. The van der Waals surface area contributed by atoms with E-state index in [-0.39, 0.29) is 96.0 Å². The number of hydrogen-bond acceptors (Lipinski definition) is 11. The fourth-order valence-corrected chi connectivity index (χ4v) is 8.39. The number of fused-ring (bicyclic) bond motifs is 1. The maximum atomic E-state index is 12.7. The molecule has 3 saturated heterocycles. The Kier molecular flexibility index (Phi) is 15.3. The summed E-state index contributed by atoms with van der Waals surface area (Å²) < 4.78 is 0. The standard InChI is InChI=1S/C33H49N7O10S/c41-27(4-2-1-3-26-32-25(21-51-26)35-33(50)36-32)34-23-7-5-22(6-8-23)15-24-16-39(19-30(46)47)12-11-37(17-28(42)43)9-10-38(18-29(44)45)13-14-40(24)20-31(48)49/h5-8,24-26,32H,1-4,9-21H2,(H,34,41)(H,42,43)(H,44,45)(H,46,47)(H,48,49)(H2,35,36,50). The molecule has 3 amide bonds. The van der Waals surface area contributed by atoms with Crippen molar-refractivity contribution in [3.63, 3.8) is 0 Å². The highest BCUT2D eigenvalue weighted by Crippen LogP contribution is 2.33. The number of carboxylic acids is 4. The van der Waals surface area contributed by atoms with Crippen LogP contribution in [0.1, 0.15) is 31.2 Å². The highest BCUT2D eigenvalue weighted by molar-refractivity contribution is 8.00. The number of amides is 3. The predicted octanol–water partition coefficient (Wildman–Crippen LogP) is -0.178. The Morgan fingerprint density at radius 3 is 1.92 bits per heavy atom. The summed E-state index contributed by atoms with van der Waals surface area (Å²) in [6, 6.07) is 6.90. The predicted molar refractivity (Wildman–Crippen MR) is 188 cm³/mol. The van der Waals surface area contributed by atoms with Gasteiger partial charge in [0.25, 0.3) is 0 Å². The van der Waals surface area contributed by atoms with Gasteiger partial charge in [-0.1, -0.05) is 18.6 Å². The van der Waals surface area contributed by atoms with Gasteiger partial charge in [0.1, 0.15) is 0 Å².